The van der Waals surface area contributed by atoms with E-state index in [1.165, 1.54) is 16.5 Å². The molecule has 0 spiro atoms. The summed E-state index contributed by atoms with van der Waals surface area (Å²) in [6, 6.07) is 6.15. The van der Waals surface area contributed by atoms with Gasteiger partial charge in [-0.25, -0.2) is 0 Å². The molecule has 4 rings (SSSR count). The van der Waals surface area contributed by atoms with Gasteiger partial charge in [0.25, 0.3) is 0 Å². The summed E-state index contributed by atoms with van der Waals surface area (Å²) in [7, 11) is 2.03. The smallest absolute Gasteiger partial charge is 0.166 e. The summed E-state index contributed by atoms with van der Waals surface area (Å²) in [6.45, 7) is 4.09. The Labute approximate surface area is 129 Å². The number of hydrogen-bond donors (Lipinski definition) is 2. The maximum atomic E-state index is 10.9. The van der Waals surface area contributed by atoms with Gasteiger partial charge in [-0.1, -0.05) is 6.07 Å². The molecule has 2 aliphatic rings. The molecule has 5 nitrogen and oxygen atoms in total. The number of aliphatic hydroxyl groups is 1. The van der Waals surface area contributed by atoms with Crippen molar-refractivity contribution >= 4 is 17.2 Å². The van der Waals surface area contributed by atoms with Crippen LogP contribution in [0.5, 0.6) is 0 Å². The van der Waals surface area contributed by atoms with Crippen LogP contribution in [-0.2, 0) is 13.0 Å². The van der Waals surface area contributed by atoms with Crippen LogP contribution in [0.4, 0.5) is 0 Å². The first-order valence-electron chi connectivity index (χ1n) is 7.78. The van der Waals surface area contributed by atoms with Gasteiger partial charge in [0.2, 0.25) is 0 Å². The van der Waals surface area contributed by atoms with Gasteiger partial charge < -0.3 is 15.0 Å². The number of likely N-dealkylation sites (N-methyl/N-ethyl adjacent to an activating group) is 1. The number of fused-ring (bicyclic) bond motifs is 3. The van der Waals surface area contributed by atoms with Crippen molar-refractivity contribution in [3.8, 4) is 0 Å². The van der Waals surface area contributed by atoms with Gasteiger partial charge in [0.1, 0.15) is 5.60 Å². The second-order valence-electron chi connectivity index (χ2n) is 6.86. The van der Waals surface area contributed by atoms with Crippen LogP contribution in [0.3, 0.4) is 0 Å². The highest BCUT2D eigenvalue weighted by Crippen LogP contribution is 2.29. The number of nitrogens with zero attached hydrogens (tertiary/aromatic N) is 2. The first kappa shape index (κ1) is 13.9. The van der Waals surface area contributed by atoms with Crippen molar-refractivity contribution in [2.24, 2.45) is 0 Å². The number of likely N-dealkylation sites (tertiary alicyclic amines) is 1. The average Bonchev–Trinajstić information content (AvgIpc) is 2.89. The average molecular weight is 299 g/mol. The minimum absolute atomic E-state index is 0.547. The minimum atomic E-state index is -0.547. The van der Waals surface area contributed by atoms with E-state index in [2.05, 4.69) is 26.9 Å². The molecule has 0 radical (unpaired) electrons. The number of carbonyl (C=O) groups excluding carboxylic acids is 1. The molecule has 2 aliphatic heterocycles. The third kappa shape index (κ3) is 2.26. The number of β-amino-alcohol motifs (C(OH)–C–C–N with tert-alkyl or cyclic N) is 1. The summed E-state index contributed by atoms with van der Waals surface area (Å²) in [5.74, 6) is 0. The fraction of sp³-hybridized carbons (Fsp3) is 0.471. The second-order valence-corrected chi connectivity index (χ2v) is 6.86. The van der Waals surface area contributed by atoms with Crippen molar-refractivity contribution in [3.05, 3.63) is 35.0 Å². The van der Waals surface area contributed by atoms with E-state index in [1.807, 2.05) is 13.1 Å². The summed E-state index contributed by atoms with van der Waals surface area (Å²) < 4.78 is 0. The third-order valence-corrected chi connectivity index (χ3v) is 4.88. The molecular formula is C17H21N3O2. The Morgan fingerprint density at radius 1 is 1.41 bits per heavy atom. The fourth-order valence-electron chi connectivity index (χ4n) is 4.04. The predicted octanol–water partition coefficient (Wildman–Crippen LogP) is 1.01. The normalized spacial score (nSPS) is 21.5. The van der Waals surface area contributed by atoms with Crippen molar-refractivity contribution in [3.63, 3.8) is 0 Å². The number of H-pyrrole nitrogens is 1. The molecule has 3 heterocycles. The van der Waals surface area contributed by atoms with E-state index < -0.39 is 5.60 Å². The van der Waals surface area contributed by atoms with E-state index in [4.69, 9.17) is 0 Å². The summed E-state index contributed by atoms with van der Waals surface area (Å²) in [4.78, 5) is 18.6. The highest BCUT2D eigenvalue weighted by molar-refractivity contribution is 5.91. The largest absolute Gasteiger partial charge is 0.386 e. The van der Waals surface area contributed by atoms with Crippen LogP contribution in [0.25, 0.3) is 10.9 Å². The minimum Gasteiger partial charge on any atom is -0.386 e. The highest BCUT2D eigenvalue weighted by atomic mass is 16.3. The topological polar surface area (TPSA) is 59.6 Å². The van der Waals surface area contributed by atoms with Crippen molar-refractivity contribution < 1.29 is 9.90 Å². The molecule has 0 saturated carbocycles. The number of nitrogens with one attached hydrogen (secondary N) is 1. The number of aromatic amines is 1. The summed E-state index contributed by atoms with van der Waals surface area (Å²) >= 11 is 0. The highest BCUT2D eigenvalue weighted by Gasteiger charge is 2.40. The standard InChI is InChI=1S/C17H21N3O2/c1-19-9-17(22,10-19)11-20-5-4-14-12(7-20)2-3-16-15(14)6-13(8-21)18-16/h2-3,6,8,18,22H,4-5,7,9-11H2,1H3. The Balaban J connectivity index is 1.57. The Morgan fingerprint density at radius 2 is 2.23 bits per heavy atom. The number of benzene rings is 1. The molecule has 1 fully saturated rings. The zero-order valence-corrected chi connectivity index (χ0v) is 12.8. The number of aldehydes is 1. The summed E-state index contributed by atoms with van der Waals surface area (Å²) in [5.41, 5.74) is 3.78. The first-order chi connectivity index (χ1) is 10.6. The Morgan fingerprint density at radius 3 is 2.95 bits per heavy atom. The summed E-state index contributed by atoms with van der Waals surface area (Å²) in [6.07, 6.45) is 1.83. The monoisotopic (exact) mass is 299 g/mol. The van der Waals surface area contributed by atoms with Crippen molar-refractivity contribution in [1.29, 1.82) is 0 Å². The van der Waals surface area contributed by atoms with E-state index in [9.17, 15) is 9.90 Å². The molecule has 0 aliphatic carbocycles. The Hall–Kier alpha value is -1.69. The van der Waals surface area contributed by atoms with Crippen LogP contribution in [0.15, 0.2) is 18.2 Å². The number of carbonyl (C=O) groups is 1. The molecular weight excluding hydrogens is 278 g/mol. The van der Waals surface area contributed by atoms with E-state index >= 15 is 0 Å². The number of aromatic nitrogens is 1. The molecule has 0 atom stereocenters. The van der Waals surface area contributed by atoms with E-state index in [1.54, 1.807) is 0 Å². The van der Waals surface area contributed by atoms with Gasteiger partial charge in [-0.2, -0.15) is 0 Å². The number of rotatable bonds is 3. The summed E-state index contributed by atoms with van der Waals surface area (Å²) in [5, 5.41) is 11.6. The maximum absolute atomic E-state index is 10.9. The molecule has 1 saturated heterocycles. The van der Waals surface area contributed by atoms with Gasteiger partial charge in [0, 0.05) is 43.6 Å². The van der Waals surface area contributed by atoms with Gasteiger partial charge in [-0.05, 0) is 36.7 Å². The quantitative estimate of drug-likeness (QED) is 0.831. The van der Waals surface area contributed by atoms with Gasteiger partial charge >= 0.3 is 0 Å². The number of hydrogen-bond acceptors (Lipinski definition) is 4. The van der Waals surface area contributed by atoms with Gasteiger partial charge in [0.05, 0.1) is 5.69 Å². The van der Waals surface area contributed by atoms with Crippen molar-refractivity contribution in [1.82, 2.24) is 14.8 Å². The molecule has 0 unspecified atom stereocenters. The molecule has 116 valence electrons. The molecule has 1 aromatic heterocycles. The Bertz CT molecular complexity index is 731. The van der Waals surface area contributed by atoms with Gasteiger partial charge in [0.15, 0.2) is 6.29 Å². The zero-order chi connectivity index (χ0) is 15.3. The zero-order valence-electron chi connectivity index (χ0n) is 12.8. The van der Waals surface area contributed by atoms with Crippen LogP contribution >= 0.6 is 0 Å². The van der Waals surface area contributed by atoms with Crippen molar-refractivity contribution in [2.75, 3.05) is 33.2 Å². The lowest BCUT2D eigenvalue weighted by Gasteiger charge is -2.47. The maximum Gasteiger partial charge on any atom is 0.166 e. The molecule has 0 bridgehead atoms. The van der Waals surface area contributed by atoms with Crippen LogP contribution < -0.4 is 0 Å². The van der Waals surface area contributed by atoms with Gasteiger partial charge in [-0.3, -0.25) is 9.69 Å². The lowest BCUT2D eigenvalue weighted by Crippen LogP contribution is -2.65. The van der Waals surface area contributed by atoms with Gasteiger partial charge in [-0.15, -0.1) is 0 Å². The van der Waals surface area contributed by atoms with E-state index in [-0.39, 0.29) is 0 Å². The van der Waals surface area contributed by atoms with Crippen LogP contribution in [0, 0.1) is 0 Å². The van der Waals surface area contributed by atoms with Crippen LogP contribution in [0.1, 0.15) is 21.6 Å². The Kier molecular flexibility index (Phi) is 3.11. The van der Waals surface area contributed by atoms with Crippen molar-refractivity contribution in [2.45, 2.75) is 18.6 Å². The molecule has 5 heteroatoms. The molecule has 2 aromatic rings. The molecule has 22 heavy (non-hydrogen) atoms. The van der Waals surface area contributed by atoms with Crippen LogP contribution in [-0.4, -0.2) is 65.0 Å². The molecule has 0 amide bonds. The van der Waals surface area contributed by atoms with E-state index in [0.29, 0.717) is 5.69 Å². The first-order valence-corrected chi connectivity index (χ1v) is 7.78. The predicted molar refractivity (Wildman–Crippen MR) is 85.1 cm³/mol. The third-order valence-electron chi connectivity index (χ3n) is 4.88. The lowest BCUT2D eigenvalue weighted by atomic mass is 9.91. The fourth-order valence-corrected chi connectivity index (χ4v) is 4.04. The molecule has 1 aromatic carbocycles. The van der Waals surface area contributed by atoms with E-state index in [0.717, 1.165) is 50.9 Å². The second kappa shape index (κ2) is 4.91. The lowest BCUT2D eigenvalue weighted by molar-refractivity contribution is -0.105. The SMILES string of the molecule is CN1CC(O)(CN2CCc3c(ccc4[nH]c(C=O)cc34)C2)C1. The van der Waals surface area contributed by atoms with Crippen LogP contribution in [0.2, 0.25) is 0 Å². The molecule has 2 N–H and O–H groups in total.